The summed E-state index contributed by atoms with van der Waals surface area (Å²) in [5.74, 6) is -1.12. The summed E-state index contributed by atoms with van der Waals surface area (Å²) in [7, 11) is 0. The largest absolute Gasteiger partial charge is 0.433 e. The SMILES string of the molecule is O=C(/C=C/c1ccc([N+](=O)[O-])o1)Nc1cnn(Cc2ccc(F)cc2Cl)c1. The number of furan rings is 1. The minimum absolute atomic E-state index is 0.179. The van der Waals surface area contributed by atoms with Gasteiger partial charge >= 0.3 is 5.88 Å². The zero-order valence-corrected chi connectivity index (χ0v) is 14.4. The van der Waals surface area contributed by atoms with E-state index in [0.29, 0.717) is 17.8 Å². The van der Waals surface area contributed by atoms with Crippen LogP contribution in [0, 0.1) is 15.9 Å². The molecule has 0 spiro atoms. The summed E-state index contributed by atoms with van der Waals surface area (Å²) in [4.78, 5) is 21.8. The van der Waals surface area contributed by atoms with Crippen molar-refractivity contribution in [2.75, 3.05) is 5.32 Å². The third-order valence-corrected chi connectivity index (χ3v) is 3.79. The molecule has 10 heteroatoms. The van der Waals surface area contributed by atoms with Crippen LogP contribution in [-0.4, -0.2) is 20.6 Å². The number of aromatic nitrogens is 2. The van der Waals surface area contributed by atoms with Crippen molar-refractivity contribution in [2.45, 2.75) is 6.54 Å². The van der Waals surface area contributed by atoms with Crippen molar-refractivity contribution >= 4 is 35.2 Å². The zero-order chi connectivity index (χ0) is 19.4. The maximum atomic E-state index is 13.1. The molecule has 8 nitrogen and oxygen atoms in total. The number of hydrogen-bond acceptors (Lipinski definition) is 5. The molecular formula is C17H12ClFN4O4. The number of benzene rings is 1. The monoisotopic (exact) mass is 390 g/mol. The van der Waals surface area contributed by atoms with Gasteiger partial charge in [0.2, 0.25) is 5.91 Å². The molecule has 2 aromatic heterocycles. The van der Waals surface area contributed by atoms with Gasteiger partial charge in [-0.2, -0.15) is 5.10 Å². The molecule has 138 valence electrons. The highest BCUT2D eigenvalue weighted by atomic mass is 35.5. The van der Waals surface area contributed by atoms with E-state index in [0.717, 1.165) is 0 Å². The summed E-state index contributed by atoms with van der Waals surface area (Å²) in [5.41, 5.74) is 1.12. The summed E-state index contributed by atoms with van der Waals surface area (Å²) in [5, 5.41) is 17.5. The second-order valence-electron chi connectivity index (χ2n) is 5.42. The van der Waals surface area contributed by atoms with Crippen LogP contribution < -0.4 is 5.32 Å². The topological polar surface area (TPSA) is 103 Å². The Labute approximate surface area is 157 Å². The molecule has 0 aliphatic rings. The van der Waals surface area contributed by atoms with Crippen LogP contribution in [0.1, 0.15) is 11.3 Å². The van der Waals surface area contributed by atoms with Crippen LogP contribution in [0.4, 0.5) is 16.0 Å². The Morgan fingerprint density at radius 2 is 2.22 bits per heavy atom. The minimum Gasteiger partial charge on any atom is -0.401 e. The first-order valence-electron chi connectivity index (χ1n) is 7.60. The number of nitrogens with one attached hydrogen (secondary N) is 1. The summed E-state index contributed by atoms with van der Waals surface area (Å²) in [6.07, 6.45) is 5.52. The molecule has 0 bridgehead atoms. The number of hydrogen-bond donors (Lipinski definition) is 1. The van der Waals surface area contributed by atoms with Crippen molar-refractivity contribution in [3.8, 4) is 0 Å². The van der Waals surface area contributed by atoms with Gasteiger partial charge in [0.1, 0.15) is 16.5 Å². The van der Waals surface area contributed by atoms with E-state index in [1.165, 1.54) is 47.3 Å². The van der Waals surface area contributed by atoms with Crippen LogP contribution in [0.2, 0.25) is 5.02 Å². The standard InChI is InChI=1S/C17H12ClFN4O4/c18-15-7-12(19)2-1-11(15)9-22-10-13(8-20-22)21-16(24)5-3-14-4-6-17(27-14)23(25)26/h1-8,10H,9H2,(H,21,24)/b5-3+. The Hall–Kier alpha value is -3.46. The third kappa shape index (κ3) is 4.79. The average Bonchev–Trinajstić information content (AvgIpc) is 3.25. The van der Waals surface area contributed by atoms with Crippen molar-refractivity contribution in [1.29, 1.82) is 0 Å². The Kier molecular flexibility index (Phi) is 5.32. The fraction of sp³-hybridized carbons (Fsp3) is 0.0588. The molecule has 0 fully saturated rings. The van der Waals surface area contributed by atoms with Crippen LogP contribution in [0.25, 0.3) is 6.08 Å². The number of nitrogens with zero attached hydrogens (tertiary/aromatic N) is 3. The van der Waals surface area contributed by atoms with Gasteiger partial charge in [-0.25, -0.2) is 4.39 Å². The Morgan fingerprint density at radius 3 is 2.93 bits per heavy atom. The smallest absolute Gasteiger partial charge is 0.401 e. The lowest BCUT2D eigenvalue weighted by atomic mass is 10.2. The molecule has 1 aromatic carbocycles. The lowest BCUT2D eigenvalue weighted by Crippen LogP contribution is -2.07. The van der Waals surface area contributed by atoms with E-state index < -0.39 is 22.5 Å². The summed E-state index contributed by atoms with van der Waals surface area (Å²) < 4.78 is 19.5. The highest BCUT2D eigenvalue weighted by Gasteiger charge is 2.10. The molecule has 3 aromatic rings. The van der Waals surface area contributed by atoms with Gasteiger partial charge in [-0.15, -0.1) is 0 Å². The van der Waals surface area contributed by atoms with Crippen molar-refractivity contribution in [3.05, 3.63) is 81.1 Å². The Morgan fingerprint density at radius 1 is 1.41 bits per heavy atom. The molecule has 1 N–H and O–H groups in total. The van der Waals surface area contributed by atoms with Gasteiger partial charge in [0.25, 0.3) is 0 Å². The van der Waals surface area contributed by atoms with E-state index >= 15 is 0 Å². The molecule has 0 aliphatic carbocycles. The molecular weight excluding hydrogens is 379 g/mol. The highest BCUT2D eigenvalue weighted by Crippen LogP contribution is 2.19. The molecule has 0 atom stereocenters. The van der Waals surface area contributed by atoms with E-state index in [4.69, 9.17) is 16.0 Å². The average molecular weight is 391 g/mol. The number of carbonyl (C=O) groups excluding carboxylic acids is 1. The van der Waals surface area contributed by atoms with Gasteiger partial charge in [0, 0.05) is 17.3 Å². The van der Waals surface area contributed by atoms with Crippen LogP contribution in [0.3, 0.4) is 0 Å². The van der Waals surface area contributed by atoms with Gasteiger partial charge in [0.15, 0.2) is 0 Å². The Balaban J connectivity index is 1.60. The van der Waals surface area contributed by atoms with Gasteiger partial charge in [-0.1, -0.05) is 17.7 Å². The molecule has 0 saturated carbocycles. The zero-order valence-electron chi connectivity index (χ0n) is 13.6. The number of amides is 1. The molecule has 0 radical (unpaired) electrons. The number of carbonyl (C=O) groups is 1. The normalized spacial score (nSPS) is 11.0. The number of halogens is 2. The molecule has 2 heterocycles. The minimum atomic E-state index is -0.667. The first-order valence-corrected chi connectivity index (χ1v) is 7.98. The van der Waals surface area contributed by atoms with E-state index in [1.807, 2.05) is 0 Å². The van der Waals surface area contributed by atoms with Crippen molar-refractivity contribution in [3.63, 3.8) is 0 Å². The van der Waals surface area contributed by atoms with Gasteiger partial charge in [-0.3, -0.25) is 19.6 Å². The van der Waals surface area contributed by atoms with Crippen LogP contribution >= 0.6 is 11.6 Å². The van der Waals surface area contributed by atoms with E-state index in [1.54, 1.807) is 12.3 Å². The van der Waals surface area contributed by atoms with E-state index in [-0.39, 0.29) is 10.8 Å². The van der Waals surface area contributed by atoms with Gasteiger partial charge in [-0.05, 0) is 29.8 Å². The van der Waals surface area contributed by atoms with Crippen molar-refractivity contribution in [1.82, 2.24) is 9.78 Å². The third-order valence-electron chi connectivity index (χ3n) is 3.44. The molecule has 0 unspecified atom stereocenters. The van der Waals surface area contributed by atoms with Crippen LogP contribution in [0.15, 0.2) is 53.2 Å². The maximum absolute atomic E-state index is 13.1. The first-order chi connectivity index (χ1) is 12.9. The number of rotatable bonds is 6. The predicted octanol–water partition coefficient (Wildman–Crippen LogP) is 3.88. The Bertz CT molecular complexity index is 1030. The van der Waals surface area contributed by atoms with Crippen molar-refractivity contribution < 1.29 is 18.5 Å². The quantitative estimate of drug-likeness (QED) is 0.391. The fourth-order valence-electron chi connectivity index (χ4n) is 2.21. The summed E-state index contributed by atoms with van der Waals surface area (Å²) in [6.45, 7) is 0.306. The van der Waals surface area contributed by atoms with Gasteiger partial charge in [0.05, 0.1) is 24.5 Å². The van der Waals surface area contributed by atoms with Gasteiger partial charge < -0.3 is 9.73 Å². The lowest BCUT2D eigenvalue weighted by molar-refractivity contribution is -0.402. The lowest BCUT2D eigenvalue weighted by Gasteiger charge is -2.04. The van der Waals surface area contributed by atoms with E-state index in [2.05, 4.69) is 10.4 Å². The number of nitro groups is 1. The second kappa shape index (κ2) is 7.83. The molecule has 0 aliphatic heterocycles. The maximum Gasteiger partial charge on any atom is 0.433 e. The first kappa shape index (κ1) is 18.3. The molecule has 1 amide bonds. The van der Waals surface area contributed by atoms with Crippen molar-refractivity contribution in [2.24, 2.45) is 0 Å². The predicted molar refractivity (Wildman–Crippen MR) is 95.8 cm³/mol. The fourth-order valence-corrected chi connectivity index (χ4v) is 2.44. The highest BCUT2D eigenvalue weighted by molar-refractivity contribution is 6.31. The molecule has 3 rings (SSSR count). The summed E-state index contributed by atoms with van der Waals surface area (Å²) >= 11 is 5.98. The van der Waals surface area contributed by atoms with Crippen LogP contribution in [0.5, 0.6) is 0 Å². The molecule has 27 heavy (non-hydrogen) atoms. The molecule has 0 saturated heterocycles. The second-order valence-corrected chi connectivity index (χ2v) is 5.83. The van der Waals surface area contributed by atoms with E-state index in [9.17, 15) is 19.3 Å². The summed E-state index contributed by atoms with van der Waals surface area (Å²) in [6, 6.07) is 6.65. The van der Waals surface area contributed by atoms with Crippen LogP contribution in [-0.2, 0) is 11.3 Å². The number of anilines is 1.